The van der Waals surface area contributed by atoms with Gasteiger partial charge in [-0.2, -0.15) is 0 Å². The summed E-state index contributed by atoms with van der Waals surface area (Å²) in [7, 11) is -0.826. The smallest absolute Gasteiger partial charge is 0.0597 e. The lowest BCUT2D eigenvalue weighted by Crippen LogP contribution is -2.13. The number of allylic oxidation sites excluding steroid dienone is 8. The van der Waals surface area contributed by atoms with Crippen LogP contribution >= 0.6 is 7.26 Å². The van der Waals surface area contributed by atoms with E-state index in [0.717, 1.165) is 0 Å². The Bertz CT molecular complexity index is 356. The van der Waals surface area contributed by atoms with Gasteiger partial charge in [0.15, 0.2) is 0 Å². The molecule has 0 spiro atoms. The second-order valence-electron chi connectivity index (χ2n) is 8.32. The van der Waals surface area contributed by atoms with Crippen LogP contribution < -0.4 is 0 Å². The average molecular weight is 420 g/mol. The van der Waals surface area contributed by atoms with Gasteiger partial charge in [0.25, 0.3) is 0 Å². The fraction of sp³-hybridized carbons (Fsp3) is 0.714. The first-order valence-electron chi connectivity index (χ1n) is 12.7. The predicted molar refractivity (Wildman–Crippen MR) is 141 cm³/mol. The maximum atomic E-state index is 2.42. The Kier molecular flexibility index (Phi) is 21.6. The molecule has 0 saturated carbocycles. The van der Waals surface area contributed by atoms with Gasteiger partial charge in [0.1, 0.15) is 0 Å². The molecule has 0 fully saturated rings. The number of unbranched alkanes of at least 4 members (excludes halogenated alkanes) is 4. The van der Waals surface area contributed by atoms with Crippen molar-refractivity contribution < 1.29 is 0 Å². The third-order valence-electron chi connectivity index (χ3n) is 5.62. The van der Waals surface area contributed by atoms with E-state index < -0.39 is 7.26 Å². The van der Waals surface area contributed by atoms with E-state index in [1.54, 1.807) is 0 Å². The molecule has 0 aliphatic heterocycles. The lowest BCUT2D eigenvalue weighted by molar-refractivity contribution is 0.865. The van der Waals surface area contributed by atoms with Crippen molar-refractivity contribution in [2.45, 2.75) is 105 Å². The van der Waals surface area contributed by atoms with Crippen LogP contribution in [0.1, 0.15) is 105 Å². The van der Waals surface area contributed by atoms with Gasteiger partial charge >= 0.3 is 0 Å². The Morgan fingerprint density at radius 1 is 0.379 bits per heavy atom. The van der Waals surface area contributed by atoms with E-state index in [9.17, 15) is 0 Å². The monoisotopic (exact) mass is 419 g/mol. The van der Waals surface area contributed by atoms with Crippen LogP contribution in [0.3, 0.4) is 0 Å². The lowest BCUT2D eigenvalue weighted by Gasteiger charge is -2.28. The summed E-state index contributed by atoms with van der Waals surface area (Å²) >= 11 is 0. The summed E-state index contributed by atoms with van der Waals surface area (Å²) in [6, 6.07) is 0. The zero-order valence-electron chi connectivity index (χ0n) is 20.4. The minimum atomic E-state index is -0.826. The van der Waals surface area contributed by atoms with Gasteiger partial charge < -0.3 is 0 Å². The number of hydrogen-bond acceptors (Lipinski definition) is 0. The van der Waals surface area contributed by atoms with Crippen LogP contribution in [0.2, 0.25) is 0 Å². The van der Waals surface area contributed by atoms with Gasteiger partial charge in [-0.25, -0.2) is 0 Å². The van der Waals surface area contributed by atoms with Crippen LogP contribution in [0.25, 0.3) is 0 Å². The summed E-state index contributed by atoms with van der Waals surface area (Å²) < 4.78 is 0. The topological polar surface area (TPSA) is 0 Å². The maximum Gasteiger partial charge on any atom is 0.0597 e. The molecule has 0 saturated heterocycles. The van der Waals surface area contributed by atoms with Gasteiger partial charge in [0.2, 0.25) is 0 Å². The summed E-state index contributed by atoms with van der Waals surface area (Å²) in [6.07, 6.45) is 40.7. The Labute approximate surface area is 185 Å². The van der Waals surface area contributed by atoms with E-state index in [2.05, 4.69) is 76.3 Å². The molecule has 0 nitrogen and oxygen atoms in total. The van der Waals surface area contributed by atoms with Crippen LogP contribution in [-0.4, -0.2) is 24.6 Å². The molecule has 168 valence electrons. The SMILES string of the molecule is CC/C=C/CCC[P+](CCC/C=C/CC)(CCC/C=C/CC)CCC/C=C/CC. The third kappa shape index (κ3) is 17.9. The van der Waals surface area contributed by atoms with Gasteiger partial charge in [0, 0.05) is 7.26 Å². The van der Waals surface area contributed by atoms with Crippen LogP contribution in [0.15, 0.2) is 48.6 Å². The Hall–Kier alpha value is -0.610. The largest absolute Gasteiger partial charge is 0.0888 e. The van der Waals surface area contributed by atoms with Crippen LogP contribution in [0.5, 0.6) is 0 Å². The van der Waals surface area contributed by atoms with E-state index in [0.29, 0.717) is 0 Å². The Morgan fingerprint density at radius 2 is 0.621 bits per heavy atom. The van der Waals surface area contributed by atoms with E-state index >= 15 is 0 Å². The molecule has 0 radical (unpaired) electrons. The minimum Gasteiger partial charge on any atom is -0.0888 e. The number of hydrogen-bond donors (Lipinski definition) is 0. The van der Waals surface area contributed by atoms with Crippen molar-refractivity contribution in [2.75, 3.05) is 24.6 Å². The van der Waals surface area contributed by atoms with Gasteiger partial charge in [-0.05, 0) is 77.0 Å². The van der Waals surface area contributed by atoms with Gasteiger partial charge in [-0.3, -0.25) is 0 Å². The third-order valence-corrected chi connectivity index (χ3v) is 10.7. The van der Waals surface area contributed by atoms with Crippen molar-refractivity contribution in [1.82, 2.24) is 0 Å². The fourth-order valence-corrected chi connectivity index (χ4v) is 8.74. The standard InChI is InChI=1S/C28H52P/c1-5-9-13-17-21-25-29(26-22-18-14-10-6-2,27-23-19-15-11-7-3)28-24-20-16-12-8-4/h9-16H,5-8,17-28H2,1-4H3/q+1/b13-9+,14-10+,15-11+,16-12+. The molecular weight excluding hydrogens is 367 g/mol. The summed E-state index contributed by atoms with van der Waals surface area (Å²) in [5, 5.41) is 0. The zero-order chi connectivity index (χ0) is 21.5. The first-order valence-corrected chi connectivity index (χ1v) is 15.2. The second-order valence-corrected chi connectivity index (χ2v) is 12.8. The Morgan fingerprint density at radius 3 is 0.828 bits per heavy atom. The quantitative estimate of drug-likeness (QED) is 0.105. The summed E-state index contributed by atoms with van der Waals surface area (Å²) in [6.45, 7) is 8.97. The van der Waals surface area contributed by atoms with Crippen molar-refractivity contribution >= 4 is 7.26 Å². The first-order chi connectivity index (χ1) is 14.2. The molecule has 0 bridgehead atoms. The first kappa shape index (κ1) is 28.4. The molecule has 1 heteroatoms. The minimum absolute atomic E-state index is 0.826. The number of rotatable bonds is 20. The lowest BCUT2D eigenvalue weighted by atomic mass is 10.3. The molecule has 0 aliphatic carbocycles. The van der Waals surface area contributed by atoms with Crippen molar-refractivity contribution in [1.29, 1.82) is 0 Å². The molecule has 0 unspecified atom stereocenters. The normalized spacial score (nSPS) is 13.1. The highest BCUT2D eigenvalue weighted by molar-refractivity contribution is 7.75. The Balaban J connectivity index is 4.94. The molecule has 0 atom stereocenters. The van der Waals surface area contributed by atoms with E-state index in [4.69, 9.17) is 0 Å². The fourth-order valence-electron chi connectivity index (χ4n) is 3.99. The predicted octanol–water partition coefficient (Wildman–Crippen LogP) is 9.99. The molecule has 0 aromatic rings. The molecule has 0 heterocycles. The molecule has 0 amide bonds. The van der Waals surface area contributed by atoms with Crippen molar-refractivity contribution in [3.05, 3.63) is 48.6 Å². The average Bonchev–Trinajstić information content (AvgIpc) is 2.73. The van der Waals surface area contributed by atoms with Crippen LogP contribution in [0, 0.1) is 0 Å². The highest BCUT2D eigenvalue weighted by Gasteiger charge is 2.34. The van der Waals surface area contributed by atoms with Crippen LogP contribution in [0.4, 0.5) is 0 Å². The van der Waals surface area contributed by atoms with Crippen LogP contribution in [-0.2, 0) is 0 Å². The maximum absolute atomic E-state index is 2.42. The summed E-state index contributed by atoms with van der Waals surface area (Å²) in [5.74, 6) is 0. The zero-order valence-corrected chi connectivity index (χ0v) is 21.3. The molecule has 0 N–H and O–H groups in total. The molecule has 0 aromatic heterocycles. The van der Waals surface area contributed by atoms with Gasteiger partial charge in [-0.1, -0.05) is 76.3 Å². The molecule has 0 aromatic carbocycles. The van der Waals surface area contributed by atoms with Gasteiger partial charge in [0.05, 0.1) is 24.6 Å². The summed E-state index contributed by atoms with van der Waals surface area (Å²) in [4.78, 5) is 0. The highest BCUT2D eigenvalue weighted by atomic mass is 31.2. The van der Waals surface area contributed by atoms with E-state index in [-0.39, 0.29) is 0 Å². The summed E-state index contributed by atoms with van der Waals surface area (Å²) in [5.41, 5.74) is 0. The van der Waals surface area contributed by atoms with Crippen molar-refractivity contribution in [3.8, 4) is 0 Å². The second kappa shape index (κ2) is 22.1. The molecule has 0 aliphatic rings. The molecule has 0 rings (SSSR count). The highest BCUT2D eigenvalue weighted by Crippen LogP contribution is 2.61. The van der Waals surface area contributed by atoms with Gasteiger partial charge in [-0.15, -0.1) is 0 Å². The van der Waals surface area contributed by atoms with Crippen molar-refractivity contribution in [2.24, 2.45) is 0 Å². The molecular formula is C28H52P+. The molecule has 29 heavy (non-hydrogen) atoms. The van der Waals surface area contributed by atoms with E-state index in [1.807, 2.05) is 0 Å². The van der Waals surface area contributed by atoms with Crippen molar-refractivity contribution in [3.63, 3.8) is 0 Å². The van der Waals surface area contributed by atoms with E-state index in [1.165, 1.54) is 102 Å².